The van der Waals surface area contributed by atoms with E-state index in [0.717, 1.165) is 61.4 Å². The van der Waals surface area contributed by atoms with E-state index in [1.54, 1.807) is 0 Å². The molecule has 0 saturated carbocycles. The number of hydrogen-bond acceptors (Lipinski definition) is 4. The molecule has 66 heavy (non-hydrogen) atoms. The number of fused-ring (bicyclic) bond motifs is 7. The van der Waals surface area contributed by atoms with E-state index in [2.05, 4.69) is 197 Å². The first-order chi connectivity index (χ1) is 31.4. The molecule has 0 aliphatic carbocycles. The van der Waals surface area contributed by atoms with Crippen molar-refractivity contribution >= 4 is 54.5 Å². The van der Waals surface area contributed by atoms with Gasteiger partial charge in [-0.2, -0.15) is 0 Å². The fourth-order valence-electron chi connectivity index (χ4n) is 9.04. The van der Waals surface area contributed by atoms with E-state index in [0.29, 0.717) is 0 Å². The van der Waals surface area contributed by atoms with E-state index >= 15 is 0 Å². The molecule has 329 valence electrons. The van der Waals surface area contributed by atoms with Gasteiger partial charge in [0.25, 0.3) is 0 Å². The van der Waals surface area contributed by atoms with Gasteiger partial charge in [-0.1, -0.05) is 132 Å². The van der Waals surface area contributed by atoms with Crippen LogP contribution in [0.3, 0.4) is 0 Å². The maximum Gasteiger partial charge on any atom is 0.121 e. The average molecular weight is 1040 g/mol. The van der Waals surface area contributed by atoms with Crippen molar-refractivity contribution in [1.29, 1.82) is 0 Å². The number of benzene rings is 8. The van der Waals surface area contributed by atoms with Gasteiger partial charge in [-0.15, -0.1) is 54.1 Å². The van der Waals surface area contributed by atoms with Gasteiger partial charge in [-0.3, -0.25) is 15.0 Å². The zero-order valence-corrected chi connectivity index (χ0v) is 41.1. The Morgan fingerprint density at radius 2 is 1.33 bits per heavy atom. The number of hydrogen-bond donors (Lipinski definition) is 0. The Morgan fingerprint density at radius 1 is 0.606 bits per heavy atom. The molecule has 5 nitrogen and oxygen atoms in total. The Labute approximate surface area is 400 Å². The van der Waals surface area contributed by atoms with E-state index in [1.165, 1.54) is 55.0 Å². The van der Waals surface area contributed by atoms with Crippen LogP contribution in [0.2, 0.25) is 0 Å². The third-order valence-corrected chi connectivity index (χ3v) is 12.4. The number of aromatic nitrogens is 4. The molecule has 0 unspecified atom stereocenters. The van der Waals surface area contributed by atoms with Crippen LogP contribution in [0.4, 0.5) is 0 Å². The molecule has 3 heterocycles. The first-order valence-corrected chi connectivity index (χ1v) is 22.6. The van der Waals surface area contributed by atoms with Crippen LogP contribution in [0.5, 0.6) is 0 Å². The summed E-state index contributed by atoms with van der Waals surface area (Å²) in [6.45, 7) is 17.8. The fourth-order valence-corrected chi connectivity index (χ4v) is 9.04. The normalized spacial score (nSPS) is 11.8. The monoisotopic (exact) mass is 1040 g/mol. The third-order valence-electron chi connectivity index (χ3n) is 12.4. The standard InChI is InChI=1S/C46H37N2O.C14H15N2.Ir/c1-27(2)37-24-33(30-12-7-6-8-13-30)25-38(28(3)4)44(37)48-42-22-29(5)18-21-41(42)47-46(48)36-17-11-16-35-40-23-32-20-19-31-14-9-10-15-34(31)39(32)26-43(40)49-45(35)36;1-14(2,3)12-9-10-15-13(16-12)11-7-5-4-6-8-11;/h6-16,18-28H,1-5H3;4-7,9-10H,1-3H3;/q2*-1;. The molecule has 0 atom stereocenters. The predicted octanol–water partition coefficient (Wildman–Crippen LogP) is 16.2. The molecule has 0 aliphatic heterocycles. The molecule has 6 heteroatoms. The van der Waals surface area contributed by atoms with Crippen molar-refractivity contribution in [3.8, 4) is 39.6 Å². The van der Waals surface area contributed by atoms with Crippen LogP contribution in [0.15, 0.2) is 162 Å². The molecular weight excluding hydrogens is 985 g/mol. The molecule has 8 aromatic carbocycles. The number of rotatable bonds is 6. The largest absolute Gasteiger partial charge is 0.501 e. The third kappa shape index (κ3) is 8.25. The molecule has 3 aromatic heterocycles. The SMILES string of the molecule is CC(C)(C)c1ccnc(-c2[c-]cccc2)n1.Cc1ccc2nc(-c3[c-]ccc4c3oc3cc5c(ccc6ccccc65)cc34)n(-c3c(C(C)C)cc(-c4ccccc4)cc3C(C)C)c2c1.[Ir]. The predicted molar refractivity (Wildman–Crippen MR) is 271 cm³/mol. The van der Waals surface area contributed by atoms with Gasteiger partial charge in [0.1, 0.15) is 5.58 Å². The molecule has 11 rings (SSSR count). The summed E-state index contributed by atoms with van der Waals surface area (Å²) in [4.78, 5) is 14.2. The first-order valence-electron chi connectivity index (χ1n) is 22.6. The van der Waals surface area contributed by atoms with Crippen molar-refractivity contribution in [1.82, 2.24) is 19.5 Å². The Kier molecular flexibility index (Phi) is 12.1. The zero-order valence-electron chi connectivity index (χ0n) is 38.7. The van der Waals surface area contributed by atoms with Crippen molar-refractivity contribution in [3.63, 3.8) is 0 Å². The van der Waals surface area contributed by atoms with Crippen molar-refractivity contribution in [2.24, 2.45) is 0 Å². The van der Waals surface area contributed by atoms with Gasteiger partial charge >= 0.3 is 0 Å². The van der Waals surface area contributed by atoms with E-state index < -0.39 is 0 Å². The fraction of sp³-hybridized carbons (Fsp3) is 0.183. The van der Waals surface area contributed by atoms with Crippen LogP contribution < -0.4 is 0 Å². The summed E-state index contributed by atoms with van der Waals surface area (Å²) in [6, 6.07) is 60.1. The Balaban J connectivity index is 0.000000273. The molecular formula is C60H52IrN4O-2. The van der Waals surface area contributed by atoms with Gasteiger partial charge in [0.05, 0.1) is 28.3 Å². The Bertz CT molecular complexity index is 3510. The number of aryl methyl sites for hydroxylation is 1. The number of nitrogens with zero attached hydrogens (tertiary/aromatic N) is 4. The van der Waals surface area contributed by atoms with E-state index in [-0.39, 0.29) is 37.4 Å². The van der Waals surface area contributed by atoms with E-state index in [1.807, 2.05) is 42.6 Å². The van der Waals surface area contributed by atoms with E-state index in [9.17, 15) is 0 Å². The summed E-state index contributed by atoms with van der Waals surface area (Å²) < 4.78 is 9.25. The summed E-state index contributed by atoms with van der Waals surface area (Å²) in [5.41, 5.74) is 14.1. The molecule has 0 N–H and O–H groups in total. The number of furan rings is 1. The quantitative estimate of drug-likeness (QED) is 0.123. The molecule has 0 aliphatic rings. The van der Waals surface area contributed by atoms with Crippen molar-refractivity contribution in [2.45, 2.75) is 72.6 Å². The zero-order chi connectivity index (χ0) is 45.0. The van der Waals surface area contributed by atoms with Gasteiger partial charge in [-0.25, -0.2) is 0 Å². The second-order valence-electron chi connectivity index (χ2n) is 18.8. The molecule has 0 fully saturated rings. The summed E-state index contributed by atoms with van der Waals surface area (Å²) in [6.07, 6.45) is 1.81. The van der Waals surface area contributed by atoms with Crippen LogP contribution in [-0.2, 0) is 25.5 Å². The molecule has 0 amide bonds. The summed E-state index contributed by atoms with van der Waals surface area (Å²) in [5, 5.41) is 7.02. The minimum atomic E-state index is 0. The molecule has 0 spiro atoms. The smallest absolute Gasteiger partial charge is 0.121 e. The van der Waals surface area contributed by atoms with Crippen LogP contribution in [0.25, 0.3) is 94.1 Å². The second kappa shape index (κ2) is 17.9. The summed E-state index contributed by atoms with van der Waals surface area (Å²) in [7, 11) is 0. The molecule has 0 saturated heterocycles. The minimum Gasteiger partial charge on any atom is -0.501 e. The van der Waals surface area contributed by atoms with Crippen molar-refractivity contribution in [3.05, 3.63) is 192 Å². The number of imidazole rings is 1. The average Bonchev–Trinajstić information content (AvgIpc) is 3.88. The van der Waals surface area contributed by atoms with Crippen LogP contribution in [0.1, 0.15) is 82.7 Å². The van der Waals surface area contributed by atoms with Gasteiger partial charge < -0.3 is 8.98 Å². The second-order valence-corrected chi connectivity index (χ2v) is 18.8. The van der Waals surface area contributed by atoms with Crippen LogP contribution in [-0.4, -0.2) is 19.5 Å². The summed E-state index contributed by atoms with van der Waals surface area (Å²) >= 11 is 0. The van der Waals surface area contributed by atoms with Crippen LogP contribution >= 0.6 is 0 Å². The summed E-state index contributed by atoms with van der Waals surface area (Å²) in [5.74, 6) is 2.14. The van der Waals surface area contributed by atoms with E-state index in [4.69, 9.17) is 9.40 Å². The Hall–Kier alpha value is -6.72. The Morgan fingerprint density at radius 3 is 2.06 bits per heavy atom. The molecule has 11 aromatic rings. The van der Waals surface area contributed by atoms with Gasteiger partial charge in [-0.05, 0) is 111 Å². The van der Waals surface area contributed by atoms with Crippen molar-refractivity contribution in [2.75, 3.05) is 0 Å². The molecule has 0 bridgehead atoms. The maximum absolute atomic E-state index is 6.85. The van der Waals surface area contributed by atoms with Gasteiger partial charge in [0.15, 0.2) is 0 Å². The minimum absolute atomic E-state index is 0. The van der Waals surface area contributed by atoms with Gasteiger partial charge in [0.2, 0.25) is 0 Å². The van der Waals surface area contributed by atoms with Gasteiger partial charge in [0, 0.05) is 48.5 Å². The van der Waals surface area contributed by atoms with Crippen molar-refractivity contribution < 1.29 is 24.5 Å². The molecule has 1 radical (unpaired) electrons. The topological polar surface area (TPSA) is 56.7 Å². The van der Waals surface area contributed by atoms with Crippen LogP contribution in [0, 0.1) is 19.1 Å². The first kappa shape index (κ1) is 44.5. The maximum atomic E-state index is 6.85.